The number of thiazole rings is 1. The molecule has 0 unspecified atom stereocenters. The quantitative estimate of drug-likeness (QED) is 0.0193. The van der Waals surface area contributed by atoms with Crippen molar-refractivity contribution in [2.75, 3.05) is 44.7 Å². The van der Waals surface area contributed by atoms with Crippen molar-refractivity contribution in [3.63, 3.8) is 0 Å². The molecule has 406 valence electrons. The summed E-state index contributed by atoms with van der Waals surface area (Å²) in [5, 5.41) is 10.2. The van der Waals surface area contributed by atoms with Crippen LogP contribution < -0.4 is 21.1 Å². The first-order valence-electron chi connectivity index (χ1n) is 24.0. The number of aliphatic imine (C=N–C) groups is 1. The van der Waals surface area contributed by atoms with E-state index >= 15 is 0 Å². The second-order valence-corrected chi connectivity index (χ2v) is 21.7. The predicted molar refractivity (Wildman–Crippen MR) is 275 cm³/mol. The van der Waals surface area contributed by atoms with E-state index in [4.69, 9.17) is 39.2 Å². The van der Waals surface area contributed by atoms with Gasteiger partial charge in [-0.25, -0.2) is 28.5 Å². The van der Waals surface area contributed by atoms with Crippen molar-refractivity contribution >= 4 is 74.4 Å². The third-order valence-electron chi connectivity index (χ3n) is 11.5. The summed E-state index contributed by atoms with van der Waals surface area (Å²) in [5.74, 6) is -2.95. The molecule has 3 aliphatic rings. The van der Waals surface area contributed by atoms with Gasteiger partial charge in [0, 0.05) is 30.6 Å². The van der Waals surface area contributed by atoms with Gasteiger partial charge in [-0.05, 0) is 89.8 Å². The molecule has 76 heavy (non-hydrogen) atoms. The second-order valence-electron chi connectivity index (χ2n) is 19.6. The molecule has 4 aromatic rings. The lowest BCUT2D eigenvalue weighted by atomic mass is 9.97. The molecule has 0 bridgehead atoms. The number of amidine groups is 1. The Kier molecular flexibility index (Phi) is 17.5. The SMILES string of the molecule is CC(C)(C)OC(=O)Nc1nc(/C(=N\O[C@@H](COc2ccc(C(N)=NC3CCN(C(=O)OC(C)(C)C)CC3)cc2)C(=O)OC(c2ccccc2)c2ccccc2)C(=O)N[C@@H]2C(=O)N(S(=O)(=O)O)[C@@H]2CN2CCOC2=O)cs1. The summed E-state index contributed by atoms with van der Waals surface area (Å²) in [6, 6.07) is 20.9. The average molecular weight is 1090 g/mol. The van der Waals surface area contributed by atoms with Gasteiger partial charge >= 0.3 is 34.6 Å². The number of rotatable bonds is 18. The van der Waals surface area contributed by atoms with Crippen molar-refractivity contribution in [1.82, 2.24) is 24.4 Å². The number of piperidine rings is 1. The molecule has 5 amide bonds. The van der Waals surface area contributed by atoms with E-state index in [1.807, 2.05) is 20.8 Å². The zero-order chi connectivity index (χ0) is 55.0. The summed E-state index contributed by atoms with van der Waals surface area (Å²) in [6.07, 6.45) is -3.65. The van der Waals surface area contributed by atoms with Crippen LogP contribution >= 0.6 is 11.3 Å². The Morgan fingerprint density at radius 2 is 1.51 bits per heavy atom. The molecule has 1 aromatic heterocycles. The van der Waals surface area contributed by atoms with E-state index in [2.05, 4.69) is 20.8 Å². The normalized spacial score (nSPS) is 18.1. The van der Waals surface area contributed by atoms with Gasteiger partial charge in [-0.3, -0.25) is 24.5 Å². The Hall–Kier alpha value is -7.84. The van der Waals surface area contributed by atoms with Crippen molar-refractivity contribution in [2.45, 2.75) is 95.9 Å². The number of nitrogens with two attached hydrogens (primary N) is 1. The van der Waals surface area contributed by atoms with Gasteiger partial charge in [0.25, 0.3) is 17.9 Å². The van der Waals surface area contributed by atoms with Gasteiger partial charge in [0.1, 0.15) is 47.7 Å². The van der Waals surface area contributed by atoms with E-state index < -0.39 is 94.6 Å². The standard InChI is InChI=1S/C50H59N9O15S2/c1-49(2,3)72-46(63)55-45-53-35(29-75-45)38(42(60)54-39-36(27-58-25-26-69-47(58)64)59(43(39)61)76(66,67)68)56-74-37(44(62)71-40(30-13-9-7-10-14-30)31-15-11-8-12-16-31)28-70-34-19-17-32(18-20-34)41(51)52-33-21-23-57(24-22-33)48(65)73-50(4,5)6/h7-20,29,33,36-37,39-40H,21-28H2,1-6H3,(H2,51,52)(H,54,60)(H,53,55,63)(H,66,67,68)/b56-38+/t36-,37+,39+/m1/s1. The van der Waals surface area contributed by atoms with E-state index in [9.17, 15) is 41.7 Å². The van der Waals surface area contributed by atoms with Gasteiger partial charge in [-0.2, -0.15) is 8.42 Å². The van der Waals surface area contributed by atoms with Gasteiger partial charge < -0.3 is 49.4 Å². The molecular weight excluding hydrogens is 1030 g/mol. The van der Waals surface area contributed by atoms with Crippen LogP contribution in [-0.2, 0) is 48.5 Å². The van der Waals surface area contributed by atoms with Crippen molar-refractivity contribution in [2.24, 2.45) is 15.9 Å². The van der Waals surface area contributed by atoms with Gasteiger partial charge in [-0.1, -0.05) is 65.8 Å². The predicted octanol–water partition coefficient (Wildman–Crippen LogP) is 5.05. The number of hydrogen-bond acceptors (Lipinski definition) is 18. The van der Waals surface area contributed by atoms with Crippen LogP contribution in [0.1, 0.15) is 82.9 Å². The largest absolute Gasteiger partial charge is 0.489 e. The fraction of sp³-hybridized carbons (Fsp3) is 0.420. The molecule has 0 radical (unpaired) electrons. The van der Waals surface area contributed by atoms with E-state index in [1.165, 1.54) is 5.38 Å². The molecular formula is C50H59N9O15S2. The van der Waals surface area contributed by atoms with Crippen LogP contribution in [0, 0.1) is 0 Å². The van der Waals surface area contributed by atoms with Crippen LogP contribution in [0.3, 0.4) is 0 Å². The van der Waals surface area contributed by atoms with E-state index in [0.717, 1.165) is 16.2 Å². The monoisotopic (exact) mass is 1090 g/mol. The number of amides is 5. The number of esters is 1. The summed E-state index contributed by atoms with van der Waals surface area (Å²) in [7, 11) is -5.17. The first-order valence-corrected chi connectivity index (χ1v) is 26.3. The Balaban J connectivity index is 1.16. The van der Waals surface area contributed by atoms with Gasteiger partial charge in [0.05, 0.1) is 18.6 Å². The zero-order valence-electron chi connectivity index (χ0n) is 42.4. The molecule has 24 nitrogen and oxygen atoms in total. The van der Waals surface area contributed by atoms with Crippen molar-refractivity contribution in [3.8, 4) is 5.75 Å². The number of aromatic nitrogens is 1. The summed E-state index contributed by atoms with van der Waals surface area (Å²) < 4.78 is 62.7. The molecule has 3 atom stereocenters. The molecule has 3 saturated heterocycles. The summed E-state index contributed by atoms with van der Waals surface area (Å²) in [5.41, 5.74) is 5.76. The Morgan fingerprint density at radius 1 is 0.895 bits per heavy atom. The fourth-order valence-corrected chi connectivity index (χ4v) is 9.46. The topological polar surface area (TPSA) is 310 Å². The highest BCUT2D eigenvalue weighted by Gasteiger charge is 2.55. The van der Waals surface area contributed by atoms with Crippen LogP contribution in [0.15, 0.2) is 100 Å². The summed E-state index contributed by atoms with van der Waals surface area (Å²) >= 11 is 0.844. The number of carbonyl (C=O) groups is 6. The van der Waals surface area contributed by atoms with E-state index in [1.54, 1.807) is 111 Å². The number of benzene rings is 3. The number of hydrogen-bond donors (Lipinski definition) is 4. The number of carbonyl (C=O) groups excluding carboxylic acids is 6. The maximum Gasteiger partial charge on any atom is 0.413 e. The second kappa shape index (κ2) is 23.8. The van der Waals surface area contributed by atoms with E-state index in [0.29, 0.717) is 42.6 Å². The molecule has 0 aliphatic carbocycles. The lowest BCUT2D eigenvalue weighted by molar-refractivity contribution is -0.163. The maximum atomic E-state index is 14.5. The number of likely N-dealkylation sites (tertiary alicyclic amines) is 1. The Morgan fingerprint density at radius 3 is 2.08 bits per heavy atom. The molecule has 3 aliphatic heterocycles. The zero-order valence-corrected chi connectivity index (χ0v) is 44.1. The van der Waals surface area contributed by atoms with Gasteiger partial charge in [-0.15, -0.1) is 11.3 Å². The van der Waals surface area contributed by atoms with Crippen molar-refractivity contribution in [3.05, 3.63) is 113 Å². The highest BCUT2D eigenvalue weighted by Crippen LogP contribution is 2.29. The van der Waals surface area contributed by atoms with E-state index in [-0.39, 0.29) is 52.0 Å². The lowest BCUT2D eigenvalue weighted by Gasteiger charge is -2.45. The minimum Gasteiger partial charge on any atom is -0.489 e. The fourth-order valence-electron chi connectivity index (χ4n) is 7.91. The van der Waals surface area contributed by atoms with Crippen LogP contribution in [0.2, 0.25) is 0 Å². The Bertz CT molecular complexity index is 2880. The molecule has 4 heterocycles. The number of oxime groups is 1. The molecule has 3 fully saturated rings. The van der Waals surface area contributed by atoms with Gasteiger partial charge in [0.15, 0.2) is 16.9 Å². The average Bonchev–Trinajstić information content (AvgIpc) is 4.00. The molecule has 5 N–H and O–H groups in total. The molecule has 26 heteroatoms. The Labute approximate surface area is 442 Å². The number of nitrogens with one attached hydrogen (secondary N) is 2. The molecule has 3 aromatic carbocycles. The third kappa shape index (κ3) is 14.9. The van der Waals surface area contributed by atoms with Crippen molar-refractivity contribution in [1.29, 1.82) is 0 Å². The molecule has 7 rings (SSSR count). The number of anilines is 1. The summed E-state index contributed by atoms with van der Waals surface area (Å²) in [6.45, 7) is 10.2. The van der Waals surface area contributed by atoms with Crippen LogP contribution in [-0.4, -0.2) is 154 Å². The smallest absolute Gasteiger partial charge is 0.413 e. The van der Waals surface area contributed by atoms with Crippen LogP contribution in [0.5, 0.6) is 5.75 Å². The lowest BCUT2D eigenvalue weighted by Crippen LogP contribution is -2.74. The first-order chi connectivity index (χ1) is 35.9. The number of β-lactam (4-membered cyclic amide) rings is 1. The van der Waals surface area contributed by atoms with Crippen molar-refractivity contribution < 1.29 is 70.3 Å². The summed E-state index contributed by atoms with van der Waals surface area (Å²) in [4.78, 5) is 97.4. The highest BCUT2D eigenvalue weighted by atomic mass is 32.2. The third-order valence-corrected chi connectivity index (χ3v) is 13.2. The minimum atomic E-state index is -5.17. The van der Waals surface area contributed by atoms with Crippen LogP contribution in [0.4, 0.5) is 19.5 Å². The molecule has 0 spiro atoms. The maximum absolute atomic E-state index is 14.5. The molecule has 0 saturated carbocycles. The number of cyclic esters (lactones) is 1. The highest BCUT2D eigenvalue weighted by molar-refractivity contribution is 7.84. The van der Waals surface area contributed by atoms with Gasteiger partial charge in [0.2, 0.25) is 0 Å². The van der Waals surface area contributed by atoms with Crippen LogP contribution in [0.25, 0.3) is 0 Å². The number of ether oxygens (including phenoxy) is 5. The first kappa shape index (κ1) is 55.9. The minimum absolute atomic E-state index is 0.0249. The number of nitrogens with zero attached hydrogens (tertiary/aromatic N) is 6.